The molecule has 7 heteroatoms. The Bertz CT molecular complexity index is 1030. The van der Waals surface area contributed by atoms with Gasteiger partial charge in [-0.2, -0.15) is 5.10 Å². The predicted molar refractivity (Wildman–Crippen MR) is 93.8 cm³/mol. The van der Waals surface area contributed by atoms with E-state index in [0.717, 1.165) is 11.8 Å². The van der Waals surface area contributed by atoms with E-state index in [9.17, 15) is 18.3 Å². The van der Waals surface area contributed by atoms with Gasteiger partial charge in [-0.25, -0.2) is 17.9 Å². The fourth-order valence-corrected chi connectivity index (χ4v) is 3.15. The van der Waals surface area contributed by atoms with Crippen LogP contribution in [0.15, 0.2) is 59.6 Å². The van der Waals surface area contributed by atoms with Gasteiger partial charge in [-0.15, -0.1) is 0 Å². The van der Waals surface area contributed by atoms with Crippen LogP contribution in [0.1, 0.15) is 15.9 Å². The minimum absolute atomic E-state index is 0.0797. The lowest BCUT2D eigenvalue weighted by molar-refractivity contribution is 0.0697. The highest BCUT2D eigenvalue weighted by molar-refractivity contribution is 7.90. The van der Waals surface area contributed by atoms with Gasteiger partial charge in [-0.1, -0.05) is 29.8 Å². The summed E-state index contributed by atoms with van der Waals surface area (Å²) < 4.78 is 24.7. The third-order valence-electron chi connectivity index (χ3n) is 3.83. The van der Waals surface area contributed by atoms with Crippen molar-refractivity contribution in [3.63, 3.8) is 0 Å². The Balaban J connectivity index is 2.17. The number of aryl methyl sites for hydroxylation is 1. The van der Waals surface area contributed by atoms with Crippen molar-refractivity contribution in [1.29, 1.82) is 0 Å². The summed E-state index contributed by atoms with van der Waals surface area (Å²) in [5.41, 5.74) is 2.88. The molecule has 0 fully saturated rings. The minimum Gasteiger partial charge on any atom is -0.478 e. The molecule has 0 radical (unpaired) electrons. The predicted octanol–water partition coefficient (Wildman–Crippen LogP) is 2.95. The Morgan fingerprint density at radius 1 is 1.04 bits per heavy atom. The normalized spacial score (nSPS) is 11.4. The average molecular weight is 356 g/mol. The standard InChI is InChI=1S/C18H16N2O4S/c1-12-3-5-13(6-4-12)17-16(18(21)22)11-19-20(17)14-7-9-15(10-8-14)25(2,23)24/h3-11H,1-2H3,(H,21,22). The molecule has 3 rings (SSSR count). The molecule has 0 aliphatic carbocycles. The molecule has 3 aromatic rings. The number of aromatic carboxylic acids is 1. The first-order valence-electron chi connectivity index (χ1n) is 7.46. The van der Waals surface area contributed by atoms with Crippen LogP contribution in [-0.4, -0.2) is 35.5 Å². The number of aromatic nitrogens is 2. The Kier molecular flexibility index (Phi) is 4.18. The van der Waals surface area contributed by atoms with Crippen LogP contribution in [0, 0.1) is 6.92 Å². The molecule has 1 N–H and O–H groups in total. The fraction of sp³-hybridized carbons (Fsp3) is 0.111. The number of hydrogen-bond donors (Lipinski definition) is 1. The van der Waals surface area contributed by atoms with Crippen LogP contribution in [0.5, 0.6) is 0 Å². The summed E-state index contributed by atoms with van der Waals surface area (Å²) in [5.74, 6) is -1.07. The molecule has 0 atom stereocenters. The molecule has 0 bridgehead atoms. The number of carboxylic acids is 1. The Hall–Kier alpha value is -2.93. The van der Waals surface area contributed by atoms with Crippen molar-refractivity contribution in [1.82, 2.24) is 9.78 Å². The van der Waals surface area contributed by atoms with Gasteiger partial charge < -0.3 is 5.11 Å². The van der Waals surface area contributed by atoms with Crippen LogP contribution in [0.2, 0.25) is 0 Å². The molecule has 25 heavy (non-hydrogen) atoms. The van der Waals surface area contributed by atoms with Gasteiger partial charge in [0.2, 0.25) is 0 Å². The monoisotopic (exact) mass is 356 g/mol. The van der Waals surface area contributed by atoms with E-state index >= 15 is 0 Å². The van der Waals surface area contributed by atoms with Gasteiger partial charge in [0.15, 0.2) is 9.84 Å². The van der Waals surface area contributed by atoms with Crippen LogP contribution in [0.25, 0.3) is 16.9 Å². The molecule has 0 spiro atoms. The maximum absolute atomic E-state index is 11.6. The summed E-state index contributed by atoms with van der Waals surface area (Å²) in [5, 5.41) is 13.6. The fourth-order valence-electron chi connectivity index (χ4n) is 2.52. The average Bonchev–Trinajstić information content (AvgIpc) is 3.00. The molecule has 2 aromatic carbocycles. The molecule has 0 amide bonds. The molecule has 0 saturated carbocycles. The van der Waals surface area contributed by atoms with Gasteiger partial charge in [0, 0.05) is 11.8 Å². The van der Waals surface area contributed by atoms with E-state index < -0.39 is 15.8 Å². The zero-order chi connectivity index (χ0) is 18.2. The maximum Gasteiger partial charge on any atom is 0.339 e. The number of nitrogens with zero attached hydrogens (tertiary/aromatic N) is 2. The molecule has 6 nitrogen and oxygen atoms in total. The SMILES string of the molecule is Cc1ccc(-c2c(C(=O)O)cnn2-c2ccc(S(C)(=O)=O)cc2)cc1. The number of carbonyl (C=O) groups is 1. The number of rotatable bonds is 4. The largest absolute Gasteiger partial charge is 0.478 e. The molecule has 0 aliphatic heterocycles. The zero-order valence-corrected chi connectivity index (χ0v) is 14.5. The van der Waals surface area contributed by atoms with E-state index in [0.29, 0.717) is 16.9 Å². The topological polar surface area (TPSA) is 89.3 Å². The molecule has 1 heterocycles. The second-order valence-electron chi connectivity index (χ2n) is 5.76. The van der Waals surface area contributed by atoms with Gasteiger partial charge in [-0.3, -0.25) is 0 Å². The zero-order valence-electron chi connectivity index (χ0n) is 13.7. The van der Waals surface area contributed by atoms with Crippen LogP contribution in [0.3, 0.4) is 0 Å². The van der Waals surface area contributed by atoms with E-state index in [4.69, 9.17) is 0 Å². The lowest BCUT2D eigenvalue weighted by atomic mass is 10.1. The van der Waals surface area contributed by atoms with Crippen molar-refractivity contribution in [3.05, 3.63) is 65.9 Å². The van der Waals surface area contributed by atoms with E-state index in [1.807, 2.05) is 31.2 Å². The van der Waals surface area contributed by atoms with Crippen LogP contribution < -0.4 is 0 Å². The van der Waals surface area contributed by atoms with E-state index in [-0.39, 0.29) is 10.5 Å². The second kappa shape index (κ2) is 6.18. The van der Waals surface area contributed by atoms with Crippen LogP contribution >= 0.6 is 0 Å². The highest BCUT2D eigenvalue weighted by atomic mass is 32.2. The van der Waals surface area contributed by atoms with Crippen molar-refractivity contribution in [2.45, 2.75) is 11.8 Å². The van der Waals surface area contributed by atoms with Crippen molar-refractivity contribution in [2.75, 3.05) is 6.26 Å². The van der Waals surface area contributed by atoms with Crippen molar-refractivity contribution in [3.8, 4) is 16.9 Å². The number of sulfone groups is 1. The summed E-state index contributed by atoms with van der Waals surface area (Å²) in [7, 11) is -3.30. The lowest BCUT2D eigenvalue weighted by Gasteiger charge is -2.10. The molecule has 0 aliphatic rings. The Morgan fingerprint density at radius 3 is 2.16 bits per heavy atom. The van der Waals surface area contributed by atoms with Gasteiger partial charge in [0.25, 0.3) is 0 Å². The highest BCUT2D eigenvalue weighted by Crippen LogP contribution is 2.27. The van der Waals surface area contributed by atoms with E-state index in [2.05, 4.69) is 5.10 Å². The summed E-state index contributed by atoms with van der Waals surface area (Å²) in [6.07, 6.45) is 2.43. The maximum atomic E-state index is 11.6. The third kappa shape index (κ3) is 3.32. The van der Waals surface area contributed by atoms with E-state index in [1.165, 1.54) is 23.0 Å². The van der Waals surface area contributed by atoms with Crippen molar-refractivity contribution in [2.24, 2.45) is 0 Å². The van der Waals surface area contributed by atoms with Crippen LogP contribution in [-0.2, 0) is 9.84 Å². The second-order valence-corrected chi connectivity index (χ2v) is 7.77. The molecule has 1 aromatic heterocycles. The Labute approximate surface area is 145 Å². The van der Waals surface area contributed by atoms with Gasteiger partial charge in [-0.05, 0) is 31.2 Å². The molecule has 0 saturated heterocycles. The molecule has 0 unspecified atom stereocenters. The number of benzene rings is 2. The number of carboxylic acid groups (broad SMARTS) is 1. The summed E-state index contributed by atoms with van der Waals surface area (Å²) >= 11 is 0. The third-order valence-corrected chi connectivity index (χ3v) is 4.96. The Morgan fingerprint density at radius 2 is 1.64 bits per heavy atom. The smallest absolute Gasteiger partial charge is 0.339 e. The van der Waals surface area contributed by atoms with Crippen molar-refractivity contribution >= 4 is 15.8 Å². The van der Waals surface area contributed by atoms with Gasteiger partial charge >= 0.3 is 5.97 Å². The molecular formula is C18H16N2O4S. The first kappa shape index (κ1) is 16.9. The lowest BCUT2D eigenvalue weighted by Crippen LogP contribution is -2.04. The summed E-state index contributed by atoms with van der Waals surface area (Å²) in [6.45, 7) is 1.95. The van der Waals surface area contributed by atoms with E-state index in [1.54, 1.807) is 12.1 Å². The summed E-state index contributed by atoms with van der Waals surface area (Å²) in [4.78, 5) is 11.8. The van der Waals surface area contributed by atoms with Crippen LogP contribution in [0.4, 0.5) is 0 Å². The van der Waals surface area contributed by atoms with Gasteiger partial charge in [0.1, 0.15) is 5.56 Å². The number of hydrogen-bond acceptors (Lipinski definition) is 4. The highest BCUT2D eigenvalue weighted by Gasteiger charge is 2.19. The molecular weight excluding hydrogens is 340 g/mol. The minimum atomic E-state index is -3.30. The first-order chi connectivity index (χ1) is 11.8. The van der Waals surface area contributed by atoms with Crippen molar-refractivity contribution < 1.29 is 18.3 Å². The van der Waals surface area contributed by atoms with Gasteiger partial charge in [0.05, 0.1) is 22.5 Å². The summed E-state index contributed by atoms with van der Waals surface area (Å²) in [6, 6.07) is 13.6. The quantitative estimate of drug-likeness (QED) is 0.776. The first-order valence-corrected chi connectivity index (χ1v) is 9.35. The molecule has 128 valence electrons.